The minimum Gasteiger partial charge on any atom is -0.326 e. The zero-order valence-electron chi connectivity index (χ0n) is 16.3. The number of fused-ring (bicyclic) bond motifs is 1. The van der Waals surface area contributed by atoms with Crippen LogP contribution in [0.25, 0.3) is 0 Å². The molecule has 1 aliphatic carbocycles. The third-order valence-electron chi connectivity index (χ3n) is 5.25. The average molecular weight is 413 g/mol. The van der Waals surface area contributed by atoms with E-state index in [-0.39, 0.29) is 28.7 Å². The Bertz CT molecular complexity index is 1090. The smallest absolute Gasteiger partial charge is 0.261 e. The summed E-state index contributed by atoms with van der Waals surface area (Å²) in [5.41, 5.74) is 2.52. The van der Waals surface area contributed by atoms with Crippen molar-refractivity contribution < 1.29 is 18.0 Å². The third kappa shape index (κ3) is 3.98. The minimum absolute atomic E-state index is 0.000161. The lowest BCUT2D eigenvalue weighted by molar-refractivity contribution is -0.117. The quantitative estimate of drug-likeness (QED) is 0.787. The molecule has 1 heterocycles. The molecule has 152 valence electrons. The summed E-state index contributed by atoms with van der Waals surface area (Å²) in [5, 5.41) is 2.81. The Hall–Kier alpha value is -2.87. The first-order chi connectivity index (χ1) is 13.7. The minimum atomic E-state index is -3.81. The second kappa shape index (κ2) is 7.18. The predicted octanol–water partition coefficient (Wildman–Crippen LogP) is 3.13. The molecule has 0 saturated heterocycles. The van der Waals surface area contributed by atoms with E-state index in [9.17, 15) is 18.0 Å². The van der Waals surface area contributed by atoms with E-state index in [1.807, 2.05) is 6.92 Å². The molecule has 8 heteroatoms. The van der Waals surface area contributed by atoms with Crippen LogP contribution in [0.1, 0.15) is 32.3 Å². The molecule has 29 heavy (non-hydrogen) atoms. The van der Waals surface area contributed by atoms with Crippen LogP contribution in [-0.4, -0.2) is 26.3 Å². The summed E-state index contributed by atoms with van der Waals surface area (Å²) in [6.07, 6.45) is 2.41. The monoisotopic (exact) mass is 413 g/mol. The zero-order valence-corrected chi connectivity index (χ0v) is 17.1. The van der Waals surface area contributed by atoms with Crippen molar-refractivity contribution in [2.75, 3.05) is 14.9 Å². The van der Waals surface area contributed by atoms with Crippen LogP contribution in [0.5, 0.6) is 0 Å². The second-order valence-corrected chi connectivity index (χ2v) is 9.36. The number of nitrogens with one attached hydrogen (secondary N) is 2. The summed E-state index contributed by atoms with van der Waals surface area (Å²) in [6, 6.07) is 11.5. The first-order valence-electron chi connectivity index (χ1n) is 9.61. The molecule has 0 radical (unpaired) electrons. The normalized spacial score (nSPS) is 18.3. The molecular formula is C21H23N3O4S. The fourth-order valence-electron chi connectivity index (χ4n) is 3.72. The fourth-order valence-corrected chi connectivity index (χ4v) is 4.82. The van der Waals surface area contributed by atoms with E-state index in [2.05, 4.69) is 10.0 Å². The topological polar surface area (TPSA) is 95.6 Å². The van der Waals surface area contributed by atoms with Crippen LogP contribution in [0.3, 0.4) is 0 Å². The van der Waals surface area contributed by atoms with Crippen LogP contribution in [0, 0.1) is 5.92 Å². The lowest BCUT2D eigenvalue weighted by Gasteiger charge is -2.20. The van der Waals surface area contributed by atoms with Crippen LogP contribution < -0.4 is 14.9 Å². The molecule has 0 bridgehead atoms. The van der Waals surface area contributed by atoms with E-state index in [0.29, 0.717) is 17.8 Å². The molecule has 2 N–H and O–H groups in total. The number of hydrogen-bond donors (Lipinski definition) is 2. The van der Waals surface area contributed by atoms with E-state index in [1.54, 1.807) is 41.3 Å². The van der Waals surface area contributed by atoms with Crippen LogP contribution in [0.15, 0.2) is 47.4 Å². The number of hydrogen-bond acceptors (Lipinski definition) is 4. The van der Waals surface area contributed by atoms with E-state index < -0.39 is 10.0 Å². The zero-order chi connectivity index (χ0) is 20.8. The highest BCUT2D eigenvalue weighted by molar-refractivity contribution is 7.92. The van der Waals surface area contributed by atoms with Gasteiger partial charge in [0.15, 0.2) is 0 Å². The Labute approximate surface area is 170 Å². The predicted molar refractivity (Wildman–Crippen MR) is 111 cm³/mol. The van der Waals surface area contributed by atoms with Crippen molar-refractivity contribution in [1.82, 2.24) is 0 Å². The molecule has 1 fully saturated rings. The number of anilines is 3. The number of carbonyl (C=O) groups is 2. The number of benzene rings is 2. The van der Waals surface area contributed by atoms with Gasteiger partial charge in [-0.2, -0.15) is 0 Å². The van der Waals surface area contributed by atoms with Gasteiger partial charge in [-0.15, -0.1) is 0 Å². The van der Waals surface area contributed by atoms with Gasteiger partial charge in [-0.1, -0.05) is 6.07 Å². The Morgan fingerprint density at radius 3 is 2.48 bits per heavy atom. The van der Waals surface area contributed by atoms with Gasteiger partial charge in [-0.25, -0.2) is 8.42 Å². The maximum absolute atomic E-state index is 12.9. The van der Waals surface area contributed by atoms with E-state index >= 15 is 0 Å². The van der Waals surface area contributed by atoms with Gasteiger partial charge in [0.2, 0.25) is 11.8 Å². The van der Waals surface area contributed by atoms with Gasteiger partial charge in [0.05, 0.1) is 10.6 Å². The standard InChI is InChI=1S/C21H23N3O4S/c1-13-10-16-11-19(8-9-20(16)24(13)14(2)25)29(27,28)23-18-5-3-4-17(12-18)22-21(26)15-6-7-15/h3-5,8-9,11-13,15,23H,6-7,10H2,1-2H3,(H,22,26). The Morgan fingerprint density at radius 2 is 1.79 bits per heavy atom. The first kappa shape index (κ1) is 19.4. The molecule has 0 aromatic heterocycles. The molecule has 2 aliphatic rings. The largest absolute Gasteiger partial charge is 0.326 e. The van der Waals surface area contributed by atoms with Gasteiger partial charge >= 0.3 is 0 Å². The maximum atomic E-state index is 12.9. The Kier molecular flexibility index (Phi) is 4.82. The molecule has 4 rings (SSSR count). The molecule has 1 unspecified atom stereocenters. The first-order valence-corrected chi connectivity index (χ1v) is 11.1. The van der Waals surface area contributed by atoms with E-state index in [0.717, 1.165) is 24.1 Å². The summed E-state index contributed by atoms with van der Waals surface area (Å²) in [4.78, 5) is 25.6. The molecule has 2 amide bonds. The van der Waals surface area contributed by atoms with Gasteiger partial charge in [-0.3, -0.25) is 14.3 Å². The number of sulfonamides is 1. The Morgan fingerprint density at radius 1 is 1.07 bits per heavy atom. The number of amides is 2. The highest BCUT2D eigenvalue weighted by atomic mass is 32.2. The maximum Gasteiger partial charge on any atom is 0.261 e. The molecule has 7 nitrogen and oxygen atoms in total. The van der Waals surface area contributed by atoms with Gasteiger partial charge in [-0.05, 0) is 68.1 Å². The van der Waals surface area contributed by atoms with Crippen LogP contribution in [0.2, 0.25) is 0 Å². The van der Waals surface area contributed by atoms with Crippen LogP contribution in [0.4, 0.5) is 17.1 Å². The number of carbonyl (C=O) groups excluding carboxylic acids is 2. The van der Waals surface area contributed by atoms with Crippen LogP contribution in [-0.2, 0) is 26.0 Å². The van der Waals surface area contributed by atoms with Crippen molar-refractivity contribution in [1.29, 1.82) is 0 Å². The molecule has 1 aliphatic heterocycles. The van der Waals surface area contributed by atoms with Crippen LogP contribution >= 0.6 is 0 Å². The van der Waals surface area contributed by atoms with Crippen molar-refractivity contribution in [3.63, 3.8) is 0 Å². The molecule has 2 aromatic rings. The molecule has 1 atom stereocenters. The summed E-state index contributed by atoms with van der Waals surface area (Å²) in [5.74, 6) is -0.0264. The van der Waals surface area contributed by atoms with Crippen molar-refractivity contribution in [3.05, 3.63) is 48.0 Å². The molecule has 0 spiro atoms. The highest BCUT2D eigenvalue weighted by Crippen LogP contribution is 2.34. The number of rotatable bonds is 5. The van der Waals surface area contributed by atoms with Gasteiger partial charge in [0, 0.05) is 30.3 Å². The van der Waals surface area contributed by atoms with E-state index in [1.165, 1.54) is 13.0 Å². The highest BCUT2D eigenvalue weighted by Gasteiger charge is 2.31. The molecular weight excluding hydrogens is 390 g/mol. The van der Waals surface area contributed by atoms with Gasteiger partial charge in [0.1, 0.15) is 0 Å². The van der Waals surface area contributed by atoms with Crippen molar-refractivity contribution >= 4 is 38.9 Å². The Balaban J connectivity index is 1.55. The number of nitrogens with zero attached hydrogens (tertiary/aromatic N) is 1. The summed E-state index contributed by atoms with van der Waals surface area (Å²) >= 11 is 0. The average Bonchev–Trinajstić information content (AvgIpc) is 3.43. The van der Waals surface area contributed by atoms with Gasteiger partial charge in [0.25, 0.3) is 10.0 Å². The third-order valence-corrected chi connectivity index (χ3v) is 6.63. The fraction of sp³-hybridized carbons (Fsp3) is 0.333. The summed E-state index contributed by atoms with van der Waals surface area (Å²) < 4.78 is 28.3. The van der Waals surface area contributed by atoms with E-state index in [4.69, 9.17) is 0 Å². The summed E-state index contributed by atoms with van der Waals surface area (Å²) in [6.45, 7) is 3.45. The van der Waals surface area contributed by atoms with Gasteiger partial charge < -0.3 is 10.2 Å². The lowest BCUT2D eigenvalue weighted by atomic mass is 10.1. The van der Waals surface area contributed by atoms with Crippen molar-refractivity contribution in [2.24, 2.45) is 5.92 Å². The van der Waals surface area contributed by atoms with Crippen molar-refractivity contribution in [2.45, 2.75) is 44.0 Å². The molecule has 1 saturated carbocycles. The van der Waals surface area contributed by atoms with Crippen molar-refractivity contribution in [3.8, 4) is 0 Å². The summed E-state index contributed by atoms with van der Waals surface area (Å²) in [7, 11) is -3.81. The lowest BCUT2D eigenvalue weighted by Crippen LogP contribution is -2.33. The molecule has 2 aromatic carbocycles. The second-order valence-electron chi connectivity index (χ2n) is 7.68. The SMILES string of the molecule is CC(=O)N1c2ccc(S(=O)(=O)Nc3cccc(NC(=O)C4CC4)c3)cc2CC1C.